The van der Waals surface area contributed by atoms with Crippen molar-refractivity contribution < 1.29 is 18.7 Å². The fraction of sp³-hybridized carbons (Fsp3) is 0.278. The van der Waals surface area contributed by atoms with E-state index in [1.807, 2.05) is 6.92 Å². The lowest BCUT2D eigenvalue weighted by atomic mass is 10.0. The predicted octanol–water partition coefficient (Wildman–Crippen LogP) is 1.97. The topological polar surface area (TPSA) is 125 Å². The van der Waals surface area contributed by atoms with Gasteiger partial charge in [0.15, 0.2) is 5.69 Å². The summed E-state index contributed by atoms with van der Waals surface area (Å²) in [6.45, 7) is 2.40. The van der Waals surface area contributed by atoms with Crippen LogP contribution in [0, 0.1) is 5.82 Å². The molecule has 2 heterocycles. The number of methoxy groups -OCH3 is 2. The highest BCUT2D eigenvalue weighted by Crippen LogP contribution is 2.37. The van der Waals surface area contributed by atoms with E-state index in [2.05, 4.69) is 25.5 Å². The van der Waals surface area contributed by atoms with Crippen molar-refractivity contribution in [3.05, 3.63) is 29.8 Å². The molecule has 0 saturated heterocycles. The molecule has 1 amide bonds. The molecule has 28 heavy (non-hydrogen) atoms. The van der Waals surface area contributed by atoms with E-state index >= 15 is 0 Å². The van der Waals surface area contributed by atoms with Crippen molar-refractivity contribution >= 4 is 22.5 Å². The Labute approximate surface area is 160 Å². The molecule has 3 N–H and O–H groups in total. The second-order valence-electron chi connectivity index (χ2n) is 5.82. The Morgan fingerprint density at radius 1 is 1.25 bits per heavy atom. The standard InChI is InChI=1S/C18H19FN6O3/c1-4-7-21-16(26)15-13(20)9-5-6-11(19)12(14(9)24-25-15)10-8-22-18(28-3)23-17(10)27-2/h5-6,8H,4,7H2,1-3H3,(H2,20,24)(H,21,26). The largest absolute Gasteiger partial charge is 0.480 e. The van der Waals surface area contributed by atoms with Crippen LogP contribution >= 0.6 is 0 Å². The first-order valence-electron chi connectivity index (χ1n) is 8.49. The Morgan fingerprint density at radius 3 is 2.71 bits per heavy atom. The van der Waals surface area contributed by atoms with E-state index < -0.39 is 11.7 Å². The highest BCUT2D eigenvalue weighted by atomic mass is 19.1. The summed E-state index contributed by atoms with van der Waals surface area (Å²) < 4.78 is 24.9. The lowest BCUT2D eigenvalue weighted by Crippen LogP contribution is -2.26. The number of rotatable bonds is 6. The number of anilines is 1. The van der Waals surface area contributed by atoms with Crippen LogP contribution in [0.3, 0.4) is 0 Å². The maximum atomic E-state index is 14.7. The number of halogens is 1. The summed E-state index contributed by atoms with van der Waals surface area (Å²) in [4.78, 5) is 20.3. The maximum Gasteiger partial charge on any atom is 0.319 e. The maximum absolute atomic E-state index is 14.7. The molecule has 1 aromatic carbocycles. The van der Waals surface area contributed by atoms with Crippen LogP contribution in [0.25, 0.3) is 22.0 Å². The first-order valence-corrected chi connectivity index (χ1v) is 8.49. The fourth-order valence-electron chi connectivity index (χ4n) is 2.69. The minimum absolute atomic E-state index is 0.0172. The van der Waals surface area contributed by atoms with Gasteiger partial charge in [-0.15, -0.1) is 10.2 Å². The van der Waals surface area contributed by atoms with Crippen molar-refractivity contribution in [2.24, 2.45) is 0 Å². The average molecular weight is 386 g/mol. The van der Waals surface area contributed by atoms with Crippen molar-refractivity contribution in [1.29, 1.82) is 0 Å². The third-order valence-electron chi connectivity index (χ3n) is 4.05. The summed E-state index contributed by atoms with van der Waals surface area (Å²) in [7, 11) is 2.80. The highest BCUT2D eigenvalue weighted by molar-refractivity contribution is 6.07. The van der Waals surface area contributed by atoms with Crippen molar-refractivity contribution in [1.82, 2.24) is 25.5 Å². The molecule has 0 aliphatic heterocycles. The van der Waals surface area contributed by atoms with Gasteiger partial charge in [0, 0.05) is 18.1 Å². The van der Waals surface area contributed by atoms with Gasteiger partial charge in [0.25, 0.3) is 5.91 Å². The number of nitrogen functional groups attached to an aromatic ring is 1. The second-order valence-corrected chi connectivity index (χ2v) is 5.82. The molecule has 9 nitrogen and oxygen atoms in total. The molecule has 0 aliphatic rings. The van der Waals surface area contributed by atoms with Crippen LogP contribution in [0.4, 0.5) is 10.1 Å². The molecule has 0 aliphatic carbocycles. The number of hydrogen-bond donors (Lipinski definition) is 2. The zero-order valence-electron chi connectivity index (χ0n) is 15.6. The molecular formula is C18H19FN6O3. The van der Waals surface area contributed by atoms with Gasteiger partial charge in [-0.2, -0.15) is 4.98 Å². The van der Waals surface area contributed by atoms with Crippen molar-refractivity contribution in [2.45, 2.75) is 13.3 Å². The third kappa shape index (κ3) is 3.36. The summed E-state index contributed by atoms with van der Waals surface area (Å²) in [5, 5.41) is 11.0. The molecule has 0 radical (unpaired) electrons. The number of hydrogen-bond acceptors (Lipinski definition) is 8. The van der Waals surface area contributed by atoms with Crippen LogP contribution in [0.15, 0.2) is 18.3 Å². The predicted molar refractivity (Wildman–Crippen MR) is 101 cm³/mol. The van der Waals surface area contributed by atoms with E-state index in [9.17, 15) is 9.18 Å². The number of benzene rings is 1. The quantitative estimate of drug-likeness (QED) is 0.659. The van der Waals surface area contributed by atoms with Crippen LogP contribution in [-0.4, -0.2) is 46.8 Å². The van der Waals surface area contributed by atoms with E-state index in [0.29, 0.717) is 11.9 Å². The van der Waals surface area contributed by atoms with Gasteiger partial charge in [0.1, 0.15) is 11.3 Å². The smallest absolute Gasteiger partial charge is 0.319 e. The molecule has 0 unspecified atom stereocenters. The van der Waals surface area contributed by atoms with Crippen LogP contribution < -0.4 is 20.5 Å². The first kappa shape index (κ1) is 19.2. The number of aromatic nitrogens is 4. The number of carbonyl (C=O) groups is 1. The molecule has 0 atom stereocenters. The summed E-state index contributed by atoms with van der Waals surface area (Å²) in [6.07, 6.45) is 2.13. The number of nitrogens with one attached hydrogen (secondary N) is 1. The van der Waals surface area contributed by atoms with E-state index in [0.717, 1.165) is 6.42 Å². The van der Waals surface area contributed by atoms with Gasteiger partial charge in [0.2, 0.25) is 5.88 Å². The number of carbonyl (C=O) groups excluding carboxylic acids is 1. The lowest BCUT2D eigenvalue weighted by molar-refractivity contribution is 0.0949. The van der Waals surface area contributed by atoms with Gasteiger partial charge >= 0.3 is 6.01 Å². The molecule has 3 rings (SSSR count). The van der Waals surface area contributed by atoms with Gasteiger partial charge in [-0.25, -0.2) is 9.37 Å². The summed E-state index contributed by atoms with van der Waals surface area (Å²) in [6, 6.07) is 2.75. The first-order chi connectivity index (χ1) is 13.5. The number of fused-ring (bicyclic) bond motifs is 1. The molecular weight excluding hydrogens is 367 g/mol. The minimum atomic E-state index is -0.587. The minimum Gasteiger partial charge on any atom is -0.480 e. The normalized spacial score (nSPS) is 10.7. The summed E-state index contributed by atoms with van der Waals surface area (Å²) >= 11 is 0. The highest BCUT2D eigenvalue weighted by Gasteiger charge is 2.22. The van der Waals surface area contributed by atoms with Crippen LogP contribution in [-0.2, 0) is 0 Å². The van der Waals surface area contributed by atoms with Gasteiger partial charge in [-0.1, -0.05) is 6.92 Å². The zero-order chi connectivity index (χ0) is 20.3. The molecule has 0 fully saturated rings. The Hall–Kier alpha value is -3.56. The van der Waals surface area contributed by atoms with Crippen molar-refractivity contribution in [3.63, 3.8) is 0 Å². The lowest BCUT2D eigenvalue weighted by Gasteiger charge is -2.13. The van der Waals surface area contributed by atoms with Gasteiger partial charge in [-0.05, 0) is 18.6 Å². The molecule has 2 aromatic heterocycles. The molecule has 3 aromatic rings. The van der Waals surface area contributed by atoms with E-state index in [4.69, 9.17) is 15.2 Å². The molecule has 146 valence electrons. The van der Waals surface area contributed by atoms with Gasteiger partial charge in [0.05, 0.1) is 31.0 Å². The molecule has 0 bridgehead atoms. The summed E-state index contributed by atoms with van der Waals surface area (Å²) in [5.74, 6) is -0.926. The third-order valence-corrected chi connectivity index (χ3v) is 4.05. The van der Waals surface area contributed by atoms with E-state index in [1.165, 1.54) is 32.5 Å². The average Bonchev–Trinajstić information content (AvgIpc) is 2.71. The Kier molecular flexibility index (Phi) is 5.48. The second kappa shape index (κ2) is 7.99. The zero-order valence-corrected chi connectivity index (χ0v) is 15.6. The summed E-state index contributed by atoms with van der Waals surface area (Å²) in [5.41, 5.74) is 6.71. The van der Waals surface area contributed by atoms with Gasteiger partial charge in [-0.3, -0.25) is 4.79 Å². The van der Waals surface area contributed by atoms with Crippen LogP contribution in [0.1, 0.15) is 23.8 Å². The Morgan fingerprint density at radius 2 is 2.04 bits per heavy atom. The monoisotopic (exact) mass is 386 g/mol. The van der Waals surface area contributed by atoms with Crippen molar-refractivity contribution in [2.75, 3.05) is 26.5 Å². The number of nitrogens with zero attached hydrogens (tertiary/aromatic N) is 4. The Bertz CT molecular complexity index is 1040. The number of nitrogens with two attached hydrogens (primary N) is 1. The van der Waals surface area contributed by atoms with E-state index in [1.54, 1.807) is 0 Å². The van der Waals surface area contributed by atoms with Gasteiger partial charge < -0.3 is 20.5 Å². The van der Waals surface area contributed by atoms with Crippen LogP contribution in [0.5, 0.6) is 11.9 Å². The number of amides is 1. The molecule has 10 heteroatoms. The number of ether oxygens (including phenoxy) is 2. The van der Waals surface area contributed by atoms with Crippen molar-refractivity contribution in [3.8, 4) is 23.0 Å². The van der Waals surface area contributed by atoms with Crippen LogP contribution in [0.2, 0.25) is 0 Å². The Balaban J connectivity index is 2.21. The van der Waals surface area contributed by atoms with E-state index in [-0.39, 0.29) is 39.9 Å². The molecule has 0 saturated carbocycles. The SMILES string of the molecule is CCCNC(=O)c1nnc2c(-c3cnc(OC)nc3OC)c(F)ccc2c1N. The fourth-order valence-corrected chi connectivity index (χ4v) is 2.69. The molecule has 0 spiro atoms.